The fourth-order valence-electron chi connectivity index (χ4n) is 4.37. The van der Waals surface area contributed by atoms with E-state index >= 15 is 0 Å². The van der Waals surface area contributed by atoms with Crippen molar-refractivity contribution >= 4 is 52.5 Å². The average Bonchev–Trinajstić information content (AvgIpc) is 3.06. The molecule has 4 rings (SSSR count). The summed E-state index contributed by atoms with van der Waals surface area (Å²) in [5.74, 6) is -0.997. The maximum atomic E-state index is 13.4. The fourth-order valence-corrected chi connectivity index (χ4v) is 4.83. The van der Waals surface area contributed by atoms with Crippen LogP contribution in [0.4, 0.5) is 5.69 Å². The van der Waals surface area contributed by atoms with Crippen LogP contribution in [0.5, 0.6) is 0 Å². The van der Waals surface area contributed by atoms with E-state index in [1.807, 2.05) is 32.9 Å². The van der Waals surface area contributed by atoms with Gasteiger partial charge in [-0.2, -0.15) is 0 Å². The highest BCUT2D eigenvalue weighted by atomic mass is 35.5. The lowest BCUT2D eigenvalue weighted by Gasteiger charge is -2.29. The number of benzene rings is 2. The lowest BCUT2D eigenvalue weighted by Crippen LogP contribution is -2.54. The number of hydrogen-bond acceptors (Lipinski definition) is 3. The molecule has 2 heterocycles. The first-order valence-electron chi connectivity index (χ1n) is 11.1. The molecule has 0 atom stereocenters. The van der Waals surface area contributed by atoms with Crippen LogP contribution in [0.1, 0.15) is 40.6 Å². The summed E-state index contributed by atoms with van der Waals surface area (Å²) < 4.78 is 2.19. The highest BCUT2D eigenvalue weighted by molar-refractivity contribution is 7.80. The minimum atomic E-state index is -0.514. The van der Waals surface area contributed by atoms with Crippen molar-refractivity contribution in [1.29, 1.82) is 0 Å². The van der Waals surface area contributed by atoms with E-state index in [-0.39, 0.29) is 10.7 Å². The molecule has 34 heavy (non-hydrogen) atoms. The van der Waals surface area contributed by atoms with Gasteiger partial charge in [-0.1, -0.05) is 42.8 Å². The quantitative estimate of drug-likeness (QED) is 0.287. The second kappa shape index (κ2) is 9.20. The van der Waals surface area contributed by atoms with Crippen molar-refractivity contribution in [3.8, 4) is 5.69 Å². The summed E-state index contributed by atoms with van der Waals surface area (Å²) in [6, 6.07) is 13.5. The number of hydrogen-bond donors (Lipinski definition) is 1. The Labute approximate surface area is 210 Å². The van der Waals surface area contributed by atoms with Gasteiger partial charge in [-0.25, -0.2) is 0 Å². The molecule has 5 nitrogen and oxygen atoms in total. The Morgan fingerprint density at radius 1 is 1.03 bits per heavy atom. The molecule has 1 saturated heterocycles. The Hall–Kier alpha value is -3.22. The fraction of sp³-hybridized carbons (Fsp3) is 0.222. The Bertz CT molecular complexity index is 1390. The molecule has 1 aliphatic rings. The van der Waals surface area contributed by atoms with Gasteiger partial charge in [0, 0.05) is 16.4 Å². The smallest absolute Gasteiger partial charge is 0.270 e. The van der Waals surface area contributed by atoms with Crippen molar-refractivity contribution in [2.24, 2.45) is 0 Å². The number of para-hydroxylation sites is 1. The first-order valence-corrected chi connectivity index (χ1v) is 11.9. The monoisotopic (exact) mass is 491 g/mol. The Kier molecular flexibility index (Phi) is 6.47. The van der Waals surface area contributed by atoms with Gasteiger partial charge >= 0.3 is 0 Å². The first-order chi connectivity index (χ1) is 16.1. The minimum absolute atomic E-state index is 0.0195. The number of rotatable bonds is 4. The molecule has 2 aromatic carbocycles. The molecule has 3 aromatic rings. The van der Waals surface area contributed by atoms with Crippen LogP contribution < -0.4 is 10.2 Å². The van der Waals surface area contributed by atoms with Crippen molar-refractivity contribution in [2.75, 3.05) is 4.90 Å². The lowest BCUT2D eigenvalue weighted by atomic mass is 10.0. The molecule has 0 saturated carbocycles. The molecule has 0 radical (unpaired) electrons. The molecule has 1 aromatic heterocycles. The van der Waals surface area contributed by atoms with Crippen LogP contribution in [-0.2, 0) is 16.0 Å². The number of thiocarbonyl (C=S) groups is 1. The van der Waals surface area contributed by atoms with Crippen molar-refractivity contribution in [1.82, 2.24) is 9.88 Å². The van der Waals surface area contributed by atoms with Crippen LogP contribution in [0, 0.1) is 27.7 Å². The van der Waals surface area contributed by atoms with Gasteiger partial charge in [0.25, 0.3) is 11.8 Å². The van der Waals surface area contributed by atoms with Gasteiger partial charge in [0.05, 0.1) is 11.4 Å². The van der Waals surface area contributed by atoms with E-state index in [9.17, 15) is 9.59 Å². The standard InChI is InChI=1S/C27H26ClN3O2S/c1-6-19-9-7-8-16(3)24(19)30-17(4)12-20(18(30)5)13-22-25(32)29-27(34)31(26(22)33)21-11-10-15(2)23(28)14-21/h7-14H,6H2,1-5H3,(H,29,32,34)/b22-13+. The van der Waals surface area contributed by atoms with E-state index in [4.69, 9.17) is 23.8 Å². The molecule has 1 aliphatic heterocycles. The molecule has 0 aliphatic carbocycles. The van der Waals surface area contributed by atoms with Gasteiger partial charge in [-0.05, 0) is 92.9 Å². The number of aryl methyl sites for hydroxylation is 4. The van der Waals surface area contributed by atoms with Gasteiger partial charge < -0.3 is 4.57 Å². The Morgan fingerprint density at radius 2 is 1.76 bits per heavy atom. The van der Waals surface area contributed by atoms with Gasteiger partial charge in [0.1, 0.15) is 5.57 Å². The Morgan fingerprint density at radius 3 is 2.44 bits per heavy atom. The molecule has 174 valence electrons. The number of amides is 2. The predicted octanol–water partition coefficient (Wildman–Crippen LogP) is 5.76. The number of aromatic nitrogens is 1. The number of halogens is 1. The topological polar surface area (TPSA) is 54.3 Å². The molecular weight excluding hydrogens is 466 g/mol. The summed E-state index contributed by atoms with van der Waals surface area (Å²) >= 11 is 11.6. The zero-order valence-electron chi connectivity index (χ0n) is 19.8. The second-order valence-electron chi connectivity index (χ2n) is 8.49. The number of carbonyl (C=O) groups excluding carboxylic acids is 2. The maximum Gasteiger partial charge on any atom is 0.270 e. The SMILES string of the molecule is CCc1cccc(C)c1-n1c(C)cc(/C=C2\C(=O)NC(=S)N(c3ccc(C)c(Cl)c3)C2=O)c1C. The molecule has 1 N–H and O–H groups in total. The maximum absolute atomic E-state index is 13.4. The third-order valence-electron chi connectivity index (χ3n) is 6.21. The van der Waals surface area contributed by atoms with E-state index < -0.39 is 11.8 Å². The van der Waals surface area contributed by atoms with Crippen LogP contribution in [-0.4, -0.2) is 21.5 Å². The van der Waals surface area contributed by atoms with Gasteiger partial charge in [-0.3, -0.25) is 19.8 Å². The summed E-state index contributed by atoms with van der Waals surface area (Å²) in [4.78, 5) is 27.5. The molecule has 0 unspecified atom stereocenters. The van der Waals surface area contributed by atoms with Gasteiger partial charge in [-0.15, -0.1) is 0 Å². The molecule has 1 fully saturated rings. The van der Waals surface area contributed by atoms with E-state index in [0.29, 0.717) is 10.7 Å². The van der Waals surface area contributed by atoms with E-state index in [0.717, 1.165) is 34.6 Å². The van der Waals surface area contributed by atoms with Gasteiger partial charge in [0.2, 0.25) is 0 Å². The molecule has 0 spiro atoms. The van der Waals surface area contributed by atoms with Crippen LogP contribution in [0.3, 0.4) is 0 Å². The van der Waals surface area contributed by atoms with Crippen LogP contribution in [0.2, 0.25) is 5.02 Å². The largest absolute Gasteiger partial charge is 0.317 e. The van der Waals surface area contributed by atoms with Crippen molar-refractivity contribution in [3.05, 3.63) is 86.7 Å². The van der Waals surface area contributed by atoms with Crippen LogP contribution >= 0.6 is 23.8 Å². The Balaban J connectivity index is 1.81. The van der Waals surface area contributed by atoms with E-state index in [1.54, 1.807) is 18.2 Å². The summed E-state index contributed by atoms with van der Waals surface area (Å²) in [5, 5.41) is 3.19. The van der Waals surface area contributed by atoms with Crippen molar-refractivity contribution in [2.45, 2.75) is 41.0 Å². The summed E-state index contributed by atoms with van der Waals surface area (Å²) in [6.07, 6.45) is 2.54. The zero-order chi connectivity index (χ0) is 24.7. The highest BCUT2D eigenvalue weighted by Gasteiger charge is 2.35. The summed E-state index contributed by atoms with van der Waals surface area (Å²) in [7, 11) is 0. The predicted molar refractivity (Wildman–Crippen MR) is 142 cm³/mol. The van der Waals surface area contributed by atoms with E-state index in [1.165, 1.54) is 16.0 Å². The number of carbonyl (C=O) groups is 2. The zero-order valence-corrected chi connectivity index (χ0v) is 21.4. The molecular formula is C27H26ClN3O2S. The van der Waals surface area contributed by atoms with Crippen molar-refractivity contribution in [3.63, 3.8) is 0 Å². The van der Waals surface area contributed by atoms with Crippen LogP contribution in [0.25, 0.3) is 11.8 Å². The lowest BCUT2D eigenvalue weighted by molar-refractivity contribution is -0.122. The molecule has 7 heteroatoms. The second-order valence-corrected chi connectivity index (χ2v) is 9.28. The third kappa shape index (κ3) is 4.08. The van der Waals surface area contributed by atoms with Crippen molar-refractivity contribution < 1.29 is 9.59 Å². The summed E-state index contributed by atoms with van der Waals surface area (Å²) in [6.45, 7) is 10.1. The number of nitrogens with zero attached hydrogens (tertiary/aromatic N) is 2. The van der Waals surface area contributed by atoms with Gasteiger partial charge in [0.15, 0.2) is 5.11 Å². The third-order valence-corrected chi connectivity index (χ3v) is 6.90. The number of anilines is 1. The number of nitrogens with one attached hydrogen (secondary N) is 1. The van der Waals surface area contributed by atoms with Crippen LogP contribution in [0.15, 0.2) is 48.0 Å². The van der Waals surface area contributed by atoms with E-state index in [2.05, 4.69) is 41.9 Å². The molecule has 2 amide bonds. The average molecular weight is 492 g/mol. The summed E-state index contributed by atoms with van der Waals surface area (Å²) in [5.41, 5.74) is 7.73. The molecule has 0 bridgehead atoms. The highest BCUT2D eigenvalue weighted by Crippen LogP contribution is 2.30. The minimum Gasteiger partial charge on any atom is -0.317 e. The first kappa shape index (κ1) is 23.9. The normalized spacial score (nSPS) is 15.3.